The Labute approximate surface area is 205 Å². The van der Waals surface area contributed by atoms with Gasteiger partial charge in [-0.05, 0) is 53.2 Å². The molecule has 2 rings (SSSR count). The van der Waals surface area contributed by atoms with Gasteiger partial charge in [0.1, 0.15) is 28.3 Å². The van der Waals surface area contributed by atoms with Crippen molar-refractivity contribution in [3.63, 3.8) is 0 Å². The number of hydrogen-bond acceptors (Lipinski definition) is 8. The molecule has 0 heterocycles. The van der Waals surface area contributed by atoms with Gasteiger partial charge in [0.15, 0.2) is 11.5 Å². The van der Waals surface area contributed by atoms with E-state index in [-0.39, 0.29) is 27.6 Å². The molecule has 2 aromatic rings. The third-order valence-corrected chi connectivity index (χ3v) is 6.31. The molecule has 0 aromatic heterocycles. The summed E-state index contributed by atoms with van der Waals surface area (Å²) in [4.78, 5) is 5.37. The minimum Gasteiger partial charge on any atom is -0.491 e. The molecule has 7 nitrogen and oxygen atoms in total. The summed E-state index contributed by atoms with van der Waals surface area (Å²) in [6, 6.07) is 11.6. The normalized spacial score (nSPS) is 10.8. The van der Waals surface area contributed by atoms with E-state index in [0.717, 1.165) is 30.8 Å². The summed E-state index contributed by atoms with van der Waals surface area (Å²) in [6.07, 6.45) is 1.49. The molecule has 9 heteroatoms. The minimum absolute atomic E-state index is 0.0837. The van der Waals surface area contributed by atoms with Gasteiger partial charge >= 0.3 is 0 Å². The van der Waals surface area contributed by atoms with Gasteiger partial charge in [0.2, 0.25) is 0 Å². The molecule has 0 aliphatic rings. The Morgan fingerprint density at radius 3 is 1.94 bits per heavy atom. The van der Waals surface area contributed by atoms with Crippen LogP contribution < -0.4 is 15.2 Å². The van der Waals surface area contributed by atoms with E-state index in [1.165, 1.54) is 11.8 Å². The van der Waals surface area contributed by atoms with Gasteiger partial charge in [0.25, 0.3) is 0 Å². The molecule has 0 saturated carbocycles. The molecule has 0 saturated heterocycles. The predicted octanol–water partition coefficient (Wildman–Crippen LogP) is 4.48. The van der Waals surface area contributed by atoms with Crippen LogP contribution in [0.3, 0.4) is 0 Å². The van der Waals surface area contributed by atoms with Crippen LogP contribution in [0.2, 0.25) is 5.02 Å². The average molecular weight is 488 g/mol. The van der Waals surface area contributed by atoms with Gasteiger partial charge < -0.3 is 25.0 Å². The van der Waals surface area contributed by atoms with Crippen LogP contribution in [0.15, 0.2) is 34.1 Å². The minimum atomic E-state index is 0.0837. The number of nitrogen functional groups attached to an aromatic ring is 1. The molecule has 0 amide bonds. The lowest BCUT2D eigenvalue weighted by Crippen LogP contribution is -2.16. The molecular weight excluding hydrogens is 458 g/mol. The Balaban J connectivity index is 2.52. The van der Waals surface area contributed by atoms with E-state index in [4.69, 9.17) is 26.8 Å². The zero-order chi connectivity index (χ0) is 24.4. The summed E-state index contributed by atoms with van der Waals surface area (Å²) in [5.74, 6) is 0.485. The van der Waals surface area contributed by atoms with Crippen molar-refractivity contribution in [1.82, 2.24) is 9.80 Å². The zero-order valence-electron chi connectivity index (χ0n) is 19.5. The first kappa shape index (κ1) is 26.6. The van der Waals surface area contributed by atoms with Crippen molar-refractivity contribution in [1.29, 1.82) is 10.5 Å². The van der Waals surface area contributed by atoms with E-state index >= 15 is 0 Å². The number of nitrogens with zero attached hydrogens (tertiary/aromatic N) is 4. The summed E-state index contributed by atoms with van der Waals surface area (Å²) >= 11 is 8.09. The Morgan fingerprint density at radius 1 is 0.909 bits per heavy atom. The van der Waals surface area contributed by atoms with Crippen LogP contribution >= 0.6 is 23.4 Å². The molecule has 0 radical (unpaired) electrons. The third kappa shape index (κ3) is 7.45. The highest BCUT2D eigenvalue weighted by Crippen LogP contribution is 2.49. The first-order chi connectivity index (χ1) is 15.8. The highest BCUT2D eigenvalue weighted by atomic mass is 35.5. The van der Waals surface area contributed by atoms with Crippen molar-refractivity contribution in [2.45, 2.75) is 22.6 Å². The number of nitriles is 2. The maximum Gasteiger partial charge on any atom is 0.158 e. The van der Waals surface area contributed by atoms with Crippen LogP contribution in [-0.4, -0.2) is 64.3 Å². The fourth-order valence-electron chi connectivity index (χ4n) is 3.02. The Hall–Kier alpha value is -2.62. The zero-order valence-corrected chi connectivity index (χ0v) is 21.1. The lowest BCUT2D eigenvalue weighted by atomic mass is 10.1. The van der Waals surface area contributed by atoms with Gasteiger partial charge in [-0.3, -0.25) is 0 Å². The van der Waals surface area contributed by atoms with Crippen molar-refractivity contribution in [3.8, 4) is 23.6 Å². The second-order valence-corrected chi connectivity index (χ2v) is 9.36. The van der Waals surface area contributed by atoms with Gasteiger partial charge in [-0.15, -0.1) is 0 Å². The molecule has 2 N–H and O–H groups in total. The van der Waals surface area contributed by atoms with E-state index in [9.17, 15) is 10.5 Å². The molecule has 2 aromatic carbocycles. The van der Waals surface area contributed by atoms with Crippen LogP contribution in [0.1, 0.15) is 24.0 Å². The molecule has 176 valence electrons. The van der Waals surface area contributed by atoms with Crippen molar-refractivity contribution in [2.75, 3.05) is 60.2 Å². The lowest BCUT2D eigenvalue weighted by molar-refractivity contribution is 0.270. The molecule has 0 aliphatic heterocycles. The lowest BCUT2D eigenvalue weighted by Gasteiger charge is -2.20. The number of anilines is 1. The molecule has 0 unspecified atom stereocenters. The first-order valence-corrected chi connectivity index (χ1v) is 11.8. The van der Waals surface area contributed by atoms with Crippen molar-refractivity contribution < 1.29 is 9.47 Å². The Bertz CT molecular complexity index is 1030. The largest absolute Gasteiger partial charge is 0.491 e. The molecule has 0 aliphatic carbocycles. The monoisotopic (exact) mass is 487 g/mol. The summed E-state index contributed by atoms with van der Waals surface area (Å²) in [7, 11) is 7.91. The van der Waals surface area contributed by atoms with E-state index in [1.54, 1.807) is 6.07 Å². The Kier molecular flexibility index (Phi) is 10.6. The fourth-order valence-corrected chi connectivity index (χ4v) is 4.36. The number of ether oxygens (including phenoxy) is 2. The van der Waals surface area contributed by atoms with E-state index in [1.807, 2.05) is 56.2 Å². The van der Waals surface area contributed by atoms with E-state index < -0.39 is 0 Å². The first-order valence-electron chi connectivity index (χ1n) is 10.6. The summed E-state index contributed by atoms with van der Waals surface area (Å²) in [5.41, 5.74) is 6.93. The van der Waals surface area contributed by atoms with Crippen LogP contribution in [0, 0.1) is 22.7 Å². The molecule has 0 fully saturated rings. The number of rotatable bonds is 12. The number of benzene rings is 2. The molecule has 0 atom stereocenters. The maximum atomic E-state index is 9.95. The standard InChI is InChI=1S/C24H30ClN5O2S/c1-29(2)11-7-13-31-22-17(15-26)18(16-27)23(32-14-8-12-30(3)4)24(21(22)25)33-20-10-6-5-9-19(20)28/h5-6,9-10H,7-8,11-14,28H2,1-4H3. The quantitative estimate of drug-likeness (QED) is 0.345. The molecule has 33 heavy (non-hydrogen) atoms. The van der Waals surface area contributed by atoms with Crippen molar-refractivity contribution >= 4 is 29.1 Å². The van der Waals surface area contributed by atoms with Crippen molar-refractivity contribution in [2.24, 2.45) is 0 Å². The number of hydrogen-bond donors (Lipinski definition) is 1. The van der Waals surface area contributed by atoms with Crippen LogP contribution in [0.5, 0.6) is 11.5 Å². The topological polar surface area (TPSA) is 98.5 Å². The van der Waals surface area contributed by atoms with Crippen LogP contribution in [-0.2, 0) is 0 Å². The predicted molar refractivity (Wildman–Crippen MR) is 133 cm³/mol. The van der Waals surface area contributed by atoms with Gasteiger partial charge in [-0.25, -0.2) is 0 Å². The smallest absolute Gasteiger partial charge is 0.158 e. The number of para-hydroxylation sites is 1. The van der Waals surface area contributed by atoms with E-state index in [0.29, 0.717) is 23.8 Å². The Morgan fingerprint density at radius 2 is 1.42 bits per heavy atom. The molecule has 0 bridgehead atoms. The number of nitrogens with two attached hydrogens (primary N) is 1. The average Bonchev–Trinajstić information content (AvgIpc) is 2.77. The second-order valence-electron chi connectivity index (χ2n) is 7.93. The summed E-state index contributed by atoms with van der Waals surface area (Å²) < 4.78 is 12.0. The molecular formula is C24H30ClN5O2S. The fraction of sp³-hybridized carbons (Fsp3) is 0.417. The van der Waals surface area contributed by atoms with Crippen LogP contribution in [0.25, 0.3) is 0 Å². The highest BCUT2D eigenvalue weighted by Gasteiger charge is 2.27. The second kappa shape index (κ2) is 13.2. The highest BCUT2D eigenvalue weighted by molar-refractivity contribution is 7.99. The number of halogens is 1. The van der Waals surface area contributed by atoms with Gasteiger partial charge in [0, 0.05) is 23.7 Å². The summed E-state index contributed by atoms with van der Waals surface area (Å²) in [5, 5.41) is 20.0. The van der Waals surface area contributed by atoms with Gasteiger partial charge in [0.05, 0.1) is 18.1 Å². The maximum absolute atomic E-state index is 9.95. The SMILES string of the molecule is CN(C)CCCOc1c(Cl)c(Sc2ccccc2N)c(OCCCN(C)C)c(C#N)c1C#N. The van der Waals surface area contributed by atoms with Crippen LogP contribution in [0.4, 0.5) is 5.69 Å². The molecule has 0 spiro atoms. The third-order valence-electron chi connectivity index (χ3n) is 4.66. The van der Waals surface area contributed by atoms with Crippen molar-refractivity contribution in [3.05, 3.63) is 40.4 Å². The van der Waals surface area contributed by atoms with E-state index in [2.05, 4.69) is 12.1 Å². The van der Waals surface area contributed by atoms with Gasteiger partial charge in [-0.2, -0.15) is 10.5 Å². The van der Waals surface area contributed by atoms with Gasteiger partial charge in [-0.1, -0.05) is 35.5 Å². The summed E-state index contributed by atoms with van der Waals surface area (Å²) in [6.45, 7) is 2.37.